The van der Waals surface area contributed by atoms with Gasteiger partial charge in [0, 0.05) is 13.0 Å². The molecule has 0 amide bonds. The number of carboxylic acid groups (broad SMARTS) is 1. The maximum Gasteiger partial charge on any atom is 0.320 e. The number of carboxylic acids is 1. The van der Waals surface area contributed by atoms with Gasteiger partial charge in [0.2, 0.25) is 0 Å². The molecule has 1 heterocycles. The fourth-order valence-electron chi connectivity index (χ4n) is 1.43. The molecule has 1 saturated heterocycles. The van der Waals surface area contributed by atoms with Gasteiger partial charge in [-0.3, -0.25) is 10.1 Å². The highest BCUT2D eigenvalue weighted by Crippen LogP contribution is 2.20. The van der Waals surface area contributed by atoms with Crippen LogP contribution in [0.25, 0.3) is 0 Å². The van der Waals surface area contributed by atoms with E-state index in [2.05, 4.69) is 5.32 Å². The van der Waals surface area contributed by atoms with E-state index < -0.39 is 17.6 Å². The van der Waals surface area contributed by atoms with Crippen molar-refractivity contribution in [2.24, 2.45) is 0 Å². The quantitative estimate of drug-likeness (QED) is 0.581. The van der Waals surface area contributed by atoms with Crippen LogP contribution in [0.15, 0.2) is 0 Å². The molecule has 0 aliphatic carbocycles. The highest BCUT2D eigenvalue weighted by molar-refractivity contribution is 5.72. The summed E-state index contributed by atoms with van der Waals surface area (Å²) in [6.45, 7) is 4.12. The van der Waals surface area contributed by atoms with Crippen molar-refractivity contribution in [1.29, 1.82) is 0 Å². The third kappa shape index (κ3) is 2.67. The zero-order valence-electron chi connectivity index (χ0n) is 8.49. The molecule has 82 valence electrons. The smallest absolute Gasteiger partial charge is 0.320 e. The second kappa shape index (κ2) is 4.25. The molecule has 3 atom stereocenters. The fraction of sp³-hybridized carbons (Fsp3) is 0.889. The molecule has 0 saturated carbocycles. The van der Waals surface area contributed by atoms with Crippen LogP contribution in [0, 0.1) is 0 Å². The Morgan fingerprint density at radius 1 is 1.71 bits per heavy atom. The Hall–Kier alpha value is -0.650. The topological polar surface area (TPSA) is 78.8 Å². The third-order valence-corrected chi connectivity index (χ3v) is 2.61. The number of aliphatic hydroxyl groups is 1. The number of hydrogen-bond acceptors (Lipinski definition) is 4. The number of nitrogens with one attached hydrogen (secondary N) is 1. The van der Waals surface area contributed by atoms with Crippen LogP contribution in [0.3, 0.4) is 0 Å². The van der Waals surface area contributed by atoms with Crippen molar-refractivity contribution >= 4 is 5.97 Å². The average Bonchev–Trinajstić information content (AvgIpc) is 2.08. The monoisotopic (exact) mass is 203 g/mol. The van der Waals surface area contributed by atoms with Gasteiger partial charge in [0.15, 0.2) is 0 Å². The van der Waals surface area contributed by atoms with Gasteiger partial charge in [0.1, 0.15) is 6.04 Å². The normalized spacial score (nSPS) is 35.2. The van der Waals surface area contributed by atoms with Crippen molar-refractivity contribution in [3.8, 4) is 0 Å². The molecular weight excluding hydrogens is 186 g/mol. The van der Waals surface area contributed by atoms with E-state index in [1.807, 2.05) is 0 Å². The Labute approximate surface area is 83.1 Å². The SMILES string of the molecule is CC(N[C@@H]1COCC[C@@]1(C)O)C(=O)O. The summed E-state index contributed by atoms with van der Waals surface area (Å²) in [5.74, 6) is -0.925. The van der Waals surface area contributed by atoms with Crippen molar-refractivity contribution in [1.82, 2.24) is 5.32 Å². The Balaban J connectivity index is 2.53. The lowest BCUT2D eigenvalue weighted by atomic mass is 9.91. The molecular formula is C9H17NO4. The summed E-state index contributed by atoms with van der Waals surface area (Å²) >= 11 is 0. The number of rotatable bonds is 3. The first kappa shape index (κ1) is 11.4. The molecule has 0 aromatic heterocycles. The van der Waals surface area contributed by atoms with Gasteiger partial charge in [-0.15, -0.1) is 0 Å². The molecule has 1 fully saturated rings. The van der Waals surface area contributed by atoms with E-state index in [1.165, 1.54) is 0 Å². The van der Waals surface area contributed by atoms with E-state index in [0.717, 1.165) is 0 Å². The first-order valence-corrected chi connectivity index (χ1v) is 4.72. The van der Waals surface area contributed by atoms with Gasteiger partial charge in [-0.1, -0.05) is 0 Å². The van der Waals surface area contributed by atoms with Crippen LogP contribution in [0.2, 0.25) is 0 Å². The van der Waals surface area contributed by atoms with Gasteiger partial charge in [-0.25, -0.2) is 0 Å². The van der Waals surface area contributed by atoms with Crippen LogP contribution >= 0.6 is 0 Å². The van der Waals surface area contributed by atoms with Crippen LogP contribution in [0.4, 0.5) is 0 Å². The van der Waals surface area contributed by atoms with Crippen LogP contribution in [-0.2, 0) is 9.53 Å². The molecule has 1 unspecified atom stereocenters. The van der Waals surface area contributed by atoms with Gasteiger partial charge < -0.3 is 14.9 Å². The van der Waals surface area contributed by atoms with E-state index in [1.54, 1.807) is 13.8 Å². The molecule has 0 aromatic rings. The molecule has 1 aliphatic heterocycles. The van der Waals surface area contributed by atoms with Crippen molar-refractivity contribution in [2.75, 3.05) is 13.2 Å². The van der Waals surface area contributed by atoms with Crippen LogP contribution in [0.5, 0.6) is 0 Å². The minimum absolute atomic E-state index is 0.317. The maximum atomic E-state index is 10.6. The Kier molecular flexibility index (Phi) is 3.47. The summed E-state index contributed by atoms with van der Waals surface area (Å²) in [6.07, 6.45) is 0.525. The number of carbonyl (C=O) groups is 1. The molecule has 1 rings (SSSR count). The average molecular weight is 203 g/mol. The first-order valence-electron chi connectivity index (χ1n) is 4.72. The number of aliphatic carboxylic acids is 1. The second-order valence-electron chi connectivity index (χ2n) is 3.96. The van der Waals surface area contributed by atoms with E-state index in [-0.39, 0.29) is 6.04 Å². The minimum Gasteiger partial charge on any atom is -0.480 e. The standard InChI is InChI=1S/C9H17NO4/c1-6(8(11)12)10-7-5-14-4-3-9(7,2)13/h6-7,10,13H,3-5H2,1-2H3,(H,11,12)/t6?,7-,9-/m1/s1. The zero-order chi connectivity index (χ0) is 10.8. The lowest BCUT2D eigenvalue weighted by Gasteiger charge is -2.38. The van der Waals surface area contributed by atoms with Crippen molar-refractivity contribution in [3.63, 3.8) is 0 Å². The lowest BCUT2D eigenvalue weighted by molar-refractivity contribution is -0.141. The summed E-state index contributed by atoms with van der Waals surface area (Å²) in [5.41, 5.74) is -0.887. The first-order chi connectivity index (χ1) is 6.43. The molecule has 0 radical (unpaired) electrons. The molecule has 5 heteroatoms. The lowest BCUT2D eigenvalue weighted by Crippen LogP contribution is -2.58. The molecule has 0 bridgehead atoms. The summed E-state index contributed by atoms with van der Waals surface area (Å²) in [5, 5.41) is 21.5. The highest BCUT2D eigenvalue weighted by atomic mass is 16.5. The van der Waals surface area contributed by atoms with E-state index >= 15 is 0 Å². The Morgan fingerprint density at radius 3 is 2.86 bits per heavy atom. The van der Waals surface area contributed by atoms with Gasteiger partial charge in [0.05, 0.1) is 18.2 Å². The Bertz CT molecular complexity index is 217. The van der Waals surface area contributed by atoms with Gasteiger partial charge >= 0.3 is 5.97 Å². The minimum atomic E-state index is -0.925. The molecule has 5 nitrogen and oxygen atoms in total. The van der Waals surface area contributed by atoms with Crippen LogP contribution < -0.4 is 5.32 Å². The summed E-state index contributed by atoms with van der Waals surface area (Å²) in [4.78, 5) is 10.6. The molecule has 0 spiro atoms. The second-order valence-corrected chi connectivity index (χ2v) is 3.96. The number of hydrogen-bond donors (Lipinski definition) is 3. The van der Waals surface area contributed by atoms with Crippen LogP contribution in [0.1, 0.15) is 20.3 Å². The fourth-order valence-corrected chi connectivity index (χ4v) is 1.43. The molecule has 3 N–H and O–H groups in total. The zero-order valence-corrected chi connectivity index (χ0v) is 8.49. The van der Waals surface area contributed by atoms with Gasteiger partial charge in [-0.05, 0) is 13.8 Å². The molecule has 0 aromatic carbocycles. The van der Waals surface area contributed by atoms with Crippen molar-refractivity contribution < 1.29 is 19.7 Å². The molecule has 14 heavy (non-hydrogen) atoms. The third-order valence-electron chi connectivity index (χ3n) is 2.61. The van der Waals surface area contributed by atoms with E-state index in [0.29, 0.717) is 19.6 Å². The largest absolute Gasteiger partial charge is 0.480 e. The maximum absolute atomic E-state index is 10.6. The van der Waals surface area contributed by atoms with Crippen molar-refractivity contribution in [3.05, 3.63) is 0 Å². The van der Waals surface area contributed by atoms with E-state index in [4.69, 9.17) is 9.84 Å². The highest BCUT2D eigenvalue weighted by Gasteiger charge is 2.36. The van der Waals surface area contributed by atoms with Gasteiger partial charge in [0.25, 0.3) is 0 Å². The predicted molar refractivity (Wildman–Crippen MR) is 50.1 cm³/mol. The molecule has 1 aliphatic rings. The summed E-state index contributed by atoms with van der Waals surface area (Å²) in [6, 6.07) is -0.990. The van der Waals surface area contributed by atoms with E-state index in [9.17, 15) is 9.90 Å². The summed E-state index contributed by atoms with van der Waals surface area (Å²) in [7, 11) is 0. The summed E-state index contributed by atoms with van der Waals surface area (Å²) < 4.78 is 5.18. The number of ether oxygens (including phenoxy) is 1. The predicted octanol–water partition coefficient (Wildman–Crippen LogP) is -0.411. The van der Waals surface area contributed by atoms with Gasteiger partial charge in [-0.2, -0.15) is 0 Å². The Morgan fingerprint density at radius 2 is 2.36 bits per heavy atom. The van der Waals surface area contributed by atoms with Crippen LogP contribution in [-0.4, -0.2) is 47.1 Å². The van der Waals surface area contributed by atoms with Crippen molar-refractivity contribution in [2.45, 2.75) is 38.0 Å².